The second-order valence-electron chi connectivity index (χ2n) is 5.80. The molecule has 0 aliphatic heterocycles. The van der Waals surface area contributed by atoms with Crippen LogP contribution in [-0.2, 0) is 16.1 Å². The number of carbonyl (C=O) groups is 2. The molecule has 0 bridgehead atoms. The van der Waals surface area contributed by atoms with Crippen LogP contribution in [0.15, 0.2) is 12.4 Å². The average molecular weight is 323 g/mol. The van der Waals surface area contributed by atoms with Gasteiger partial charge in [0.05, 0.1) is 25.0 Å². The molecule has 0 spiro atoms. The fourth-order valence-electron chi connectivity index (χ4n) is 2.56. The summed E-state index contributed by atoms with van der Waals surface area (Å²) >= 11 is 0. The Labute approximate surface area is 135 Å². The van der Waals surface area contributed by atoms with Gasteiger partial charge in [-0.15, -0.1) is 0 Å². The van der Waals surface area contributed by atoms with Crippen molar-refractivity contribution in [3.05, 3.63) is 12.4 Å². The van der Waals surface area contributed by atoms with E-state index < -0.39 is 12.1 Å². The number of rotatable bonds is 7. The van der Waals surface area contributed by atoms with Gasteiger partial charge < -0.3 is 20.7 Å². The maximum absolute atomic E-state index is 12.0. The van der Waals surface area contributed by atoms with E-state index in [4.69, 9.17) is 4.74 Å². The third-order valence-electron chi connectivity index (χ3n) is 3.86. The van der Waals surface area contributed by atoms with Crippen LogP contribution in [0.4, 0.5) is 10.5 Å². The van der Waals surface area contributed by atoms with Gasteiger partial charge >= 0.3 is 6.03 Å². The van der Waals surface area contributed by atoms with Gasteiger partial charge in [0, 0.05) is 19.3 Å². The molecule has 1 unspecified atom stereocenters. The number of nitrogens with zero attached hydrogens (tertiary/aromatic N) is 2. The fraction of sp³-hybridized carbons (Fsp3) is 0.667. The van der Waals surface area contributed by atoms with Crippen molar-refractivity contribution in [2.24, 2.45) is 0 Å². The lowest BCUT2D eigenvalue weighted by Crippen LogP contribution is -2.48. The van der Waals surface area contributed by atoms with Crippen LogP contribution >= 0.6 is 0 Å². The molecule has 128 valence electrons. The zero-order chi connectivity index (χ0) is 16.7. The topological polar surface area (TPSA) is 97.3 Å². The summed E-state index contributed by atoms with van der Waals surface area (Å²) < 4.78 is 6.64. The highest BCUT2D eigenvalue weighted by Gasteiger charge is 2.21. The van der Waals surface area contributed by atoms with Crippen LogP contribution in [0.5, 0.6) is 0 Å². The van der Waals surface area contributed by atoms with E-state index in [1.54, 1.807) is 31.1 Å². The second-order valence-corrected chi connectivity index (χ2v) is 5.80. The molecule has 1 aliphatic carbocycles. The monoisotopic (exact) mass is 323 g/mol. The Morgan fingerprint density at radius 2 is 2.17 bits per heavy atom. The van der Waals surface area contributed by atoms with Crippen molar-refractivity contribution in [1.29, 1.82) is 0 Å². The highest BCUT2D eigenvalue weighted by Crippen LogP contribution is 2.17. The molecule has 1 aromatic rings. The van der Waals surface area contributed by atoms with E-state index in [2.05, 4.69) is 21.0 Å². The summed E-state index contributed by atoms with van der Waals surface area (Å²) in [6.45, 7) is 2.83. The molecule has 1 saturated carbocycles. The van der Waals surface area contributed by atoms with Crippen LogP contribution in [-0.4, -0.2) is 47.5 Å². The number of urea groups is 1. The molecule has 8 nitrogen and oxygen atoms in total. The summed E-state index contributed by atoms with van der Waals surface area (Å²) in [7, 11) is 1.62. The number of aromatic nitrogens is 2. The third-order valence-corrected chi connectivity index (χ3v) is 3.86. The van der Waals surface area contributed by atoms with Gasteiger partial charge in [-0.3, -0.25) is 9.48 Å². The van der Waals surface area contributed by atoms with Crippen LogP contribution in [0, 0.1) is 0 Å². The molecule has 1 aromatic heterocycles. The van der Waals surface area contributed by atoms with Crippen molar-refractivity contribution in [3.8, 4) is 0 Å². The van der Waals surface area contributed by atoms with Crippen molar-refractivity contribution >= 4 is 17.6 Å². The standard InChI is InChI=1S/C15H25N5O3/c1-11(14(21)18-12-5-3-4-6-12)17-15(22)19-13-9-16-20(10-13)7-8-23-2/h9-12H,3-8H2,1-2H3,(H,18,21)(H2,17,19,22). The molecular weight excluding hydrogens is 298 g/mol. The Hall–Kier alpha value is -2.09. The first-order chi connectivity index (χ1) is 11.1. The van der Waals surface area contributed by atoms with E-state index in [9.17, 15) is 9.59 Å². The maximum Gasteiger partial charge on any atom is 0.319 e. The van der Waals surface area contributed by atoms with E-state index in [-0.39, 0.29) is 11.9 Å². The van der Waals surface area contributed by atoms with E-state index >= 15 is 0 Å². The van der Waals surface area contributed by atoms with Gasteiger partial charge in [-0.1, -0.05) is 12.8 Å². The SMILES string of the molecule is COCCn1cc(NC(=O)NC(C)C(=O)NC2CCCC2)cn1. The fourth-order valence-corrected chi connectivity index (χ4v) is 2.56. The molecule has 3 N–H and O–H groups in total. The lowest BCUT2D eigenvalue weighted by molar-refractivity contribution is -0.123. The van der Waals surface area contributed by atoms with Crippen LogP contribution in [0.1, 0.15) is 32.6 Å². The number of anilines is 1. The Morgan fingerprint density at radius 3 is 2.87 bits per heavy atom. The van der Waals surface area contributed by atoms with Gasteiger partial charge in [-0.2, -0.15) is 5.10 Å². The lowest BCUT2D eigenvalue weighted by atomic mass is 10.2. The first kappa shape index (κ1) is 17.3. The van der Waals surface area contributed by atoms with Gasteiger partial charge in [0.15, 0.2) is 0 Å². The number of nitrogens with one attached hydrogen (secondary N) is 3. The van der Waals surface area contributed by atoms with E-state index in [0.29, 0.717) is 18.8 Å². The van der Waals surface area contributed by atoms with Crippen molar-refractivity contribution in [2.45, 2.75) is 51.2 Å². The minimum absolute atomic E-state index is 0.150. The summed E-state index contributed by atoms with van der Waals surface area (Å²) in [5.41, 5.74) is 0.571. The molecule has 0 aromatic carbocycles. The molecule has 23 heavy (non-hydrogen) atoms. The largest absolute Gasteiger partial charge is 0.383 e. The molecule has 3 amide bonds. The summed E-state index contributed by atoms with van der Waals surface area (Å²) in [6, 6.07) is -0.765. The van der Waals surface area contributed by atoms with Gasteiger partial charge in [0.2, 0.25) is 5.91 Å². The molecule has 8 heteroatoms. The van der Waals surface area contributed by atoms with Crippen LogP contribution < -0.4 is 16.0 Å². The smallest absolute Gasteiger partial charge is 0.319 e. The Bertz CT molecular complexity index is 525. The second kappa shape index (κ2) is 8.52. The molecule has 1 aliphatic rings. The number of methoxy groups -OCH3 is 1. The van der Waals surface area contributed by atoms with Crippen molar-refractivity contribution < 1.29 is 14.3 Å². The Balaban J connectivity index is 1.74. The number of hydrogen-bond acceptors (Lipinski definition) is 4. The molecule has 1 heterocycles. The van der Waals surface area contributed by atoms with Crippen LogP contribution in [0.25, 0.3) is 0 Å². The number of hydrogen-bond donors (Lipinski definition) is 3. The molecule has 0 saturated heterocycles. The highest BCUT2D eigenvalue weighted by molar-refractivity contribution is 5.93. The minimum Gasteiger partial charge on any atom is -0.383 e. The third kappa shape index (κ3) is 5.55. The summed E-state index contributed by atoms with van der Waals surface area (Å²) in [6.07, 6.45) is 7.61. The molecule has 2 rings (SSSR count). The van der Waals surface area contributed by atoms with Crippen molar-refractivity contribution in [1.82, 2.24) is 20.4 Å². The van der Waals surface area contributed by atoms with Crippen LogP contribution in [0.2, 0.25) is 0 Å². The zero-order valence-corrected chi connectivity index (χ0v) is 13.7. The summed E-state index contributed by atoms with van der Waals surface area (Å²) in [4.78, 5) is 23.9. The lowest BCUT2D eigenvalue weighted by Gasteiger charge is -2.17. The maximum atomic E-state index is 12.0. The highest BCUT2D eigenvalue weighted by atomic mass is 16.5. The zero-order valence-electron chi connectivity index (χ0n) is 13.7. The van der Waals surface area contributed by atoms with Crippen molar-refractivity contribution in [3.63, 3.8) is 0 Å². The van der Waals surface area contributed by atoms with E-state index in [0.717, 1.165) is 25.7 Å². The number of amides is 3. The molecule has 0 radical (unpaired) electrons. The summed E-state index contributed by atoms with van der Waals surface area (Å²) in [5, 5.41) is 12.4. The Kier molecular flexibility index (Phi) is 6.40. The van der Waals surface area contributed by atoms with E-state index in [1.165, 1.54) is 0 Å². The minimum atomic E-state index is -0.584. The number of ether oxygens (including phenoxy) is 1. The van der Waals surface area contributed by atoms with Crippen LogP contribution in [0.3, 0.4) is 0 Å². The molecular formula is C15H25N5O3. The van der Waals surface area contributed by atoms with Gasteiger partial charge in [0.25, 0.3) is 0 Å². The molecule has 1 fully saturated rings. The first-order valence-electron chi connectivity index (χ1n) is 7.98. The Morgan fingerprint density at radius 1 is 1.43 bits per heavy atom. The quantitative estimate of drug-likeness (QED) is 0.700. The van der Waals surface area contributed by atoms with E-state index in [1.807, 2.05) is 0 Å². The number of carbonyl (C=O) groups excluding carboxylic acids is 2. The van der Waals surface area contributed by atoms with Gasteiger partial charge in [-0.05, 0) is 19.8 Å². The predicted molar refractivity (Wildman–Crippen MR) is 86.1 cm³/mol. The van der Waals surface area contributed by atoms with Crippen molar-refractivity contribution in [2.75, 3.05) is 19.0 Å². The molecule has 1 atom stereocenters. The summed E-state index contributed by atoms with van der Waals surface area (Å²) in [5.74, 6) is -0.150. The van der Waals surface area contributed by atoms with Gasteiger partial charge in [0.1, 0.15) is 6.04 Å². The first-order valence-corrected chi connectivity index (χ1v) is 7.98. The predicted octanol–water partition coefficient (Wildman–Crippen LogP) is 1.10. The average Bonchev–Trinajstić information content (AvgIpc) is 3.16. The normalized spacial score (nSPS) is 16.1. The van der Waals surface area contributed by atoms with Gasteiger partial charge in [-0.25, -0.2) is 4.79 Å².